The van der Waals surface area contributed by atoms with E-state index in [0.717, 1.165) is 5.92 Å². The van der Waals surface area contributed by atoms with Crippen LogP contribution in [0.5, 0.6) is 0 Å². The van der Waals surface area contributed by atoms with Gasteiger partial charge in [-0.3, -0.25) is 0 Å². The summed E-state index contributed by atoms with van der Waals surface area (Å²) in [5, 5.41) is 0. The standard InChI is InChI=1S/C13H29N3/c1-5-13(2)12-16-10-8-14(3)6-7-15(4)9-11-16/h13H,5-12H2,1-4H3/t13-/m0/s1. The Morgan fingerprint density at radius 2 is 1.31 bits per heavy atom. The van der Waals surface area contributed by atoms with Gasteiger partial charge < -0.3 is 14.7 Å². The maximum Gasteiger partial charge on any atom is 0.0110 e. The highest BCUT2D eigenvalue weighted by atomic mass is 15.2. The Morgan fingerprint density at radius 1 is 0.875 bits per heavy atom. The molecule has 0 aromatic heterocycles. The maximum atomic E-state index is 2.63. The molecule has 3 nitrogen and oxygen atoms in total. The van der Waals surface area contributed by atoms with Gasteiger partial charge in [0, 0.05) is 45.8 Å². The van der Waals surface area contributed by atoms with Crippen LogP contribution in [0.3, 0.4) is 0 Å². The molecular weight excluding hydrogens is 198 g/mol. The van der Waals surface area contributed by atoms with Crippen LogP contribution in [0, 0.1) is 5.92 Å². The molecule has 16 heavy (non-hydrogen) atoms. The molecule has 1 rings (SSSR count). The van der Waals surface area contributed by atoms with Crippen molar-refractivity contribution >= 4 is 0 Å². The van der Waals surface area contributed by atoms with E-state index in [4.69, 9.17) is 0 Å². The minimum Gasteiger partial charge on any atom is -0.304 e. The molecule has 1 atom stereocenters. The molecule has 0 aromatic carbocycles. The molecule has 0 saturated carbocycles. The number of rotatable bonds is 3. The van der Waals surface area contributed by atoms with Crippen molar-refractivity contribution in [3.8, 4) is 0 Å². The van der Waals surface area contributed by atoms with E-state index in [-0.39, 0.29) is 0 Å². The fourth-order valence-corrected chi connectivity index (χ4v) is 2.05. The van der Waals surface area contributed by atoms with Gasteiger partial charge in [-0.2, -0.15) is 0 Å². The highest BCUT2D eigenvalue weighted by Gasteiger charge is 2.13. The SMILES string of the molecule is CC[C@H](C)CN1CCN(C)CCN(C)CC1. The molecule has 0 amide bonds. The third-order valence-corrected chi connectivity index (χ3v) is 3.73. The molecule has 96 valence electrons. The Bertz CT molecular complexity index is 170. The van der Waals surface area contributed by atoms with Crippen molar-refractivity contribution in [2.24, 2.45) is 5.92 Å². The first-order valence-electron chi connectivity index (χ1n) is 6.71. The van der Waals surface area contributed by atoms with Gasteiger partial charge in [-0.15, -0.1) is 0 Å². The van der Waals surface area contributed by atoms with Gasteiger partial charge >= 0.3 is 0 Å². The van der Waals surface area contributed by atoms with Crippen molar-refractivity contribution in [3.05, 3.63) is 0 Å². The van der Waals surface area contributed by atoms with Crippen molar-refractivity contribution in [1.82, 2.24) is 14.7 Å². The minimum absolute atomic E-state index is 0.830. The van der Waals surface area contributed by atoms with Gasteiger partial charge in [0.2, 0.25) is 0 Å². The lowest BCUT2D eigenvalue weighted by molar-refractivity contribution is 0.207. The predicted molar refractivity (Wildman–Crippen MR) is 70.9 cm³/mol. The van der Waals surface area contributed by atoms with Crippen molar-refractivity contribution in [2.45, 2.75) is 20.3 Å². The average Bonchev–Trinajstić information content (AvgIpc) is 2.35. The van der Waals surface area contributed by atoms with E-state index in [0.29, 0.717) is 0 Å². The monoisotopic (exact) mass is 227 g/mol. The fourth-order valence-electron chi connectivity index (χ4n) is 2.05. The van der Waals surface area contributed by atoms with Crippen LogP contribution in [0.15, 0.2) is 0 Å². The van der Waals surface area contributed by atoms with Gasteiger partial charge in [0.15, 0.2) is 0 Å². The van der Waals surface area contributed by atoms with E-state index in [2.05, 4.69) is 42.6 Å². The van der Waals surface area contributed by atoms with E-state index in [9.17, 15) is 0 Å². The first kappa shape index (κ1) is 13.9. The highest BCUT2D eigenvalue weighted by molar-refractivity contribution is 4.69. The van der Waals surface area contributed by atoms with Gasteiger partial charge in [-0.05, 0) is 20.0 Å². The van der Waals surface area contributed by atoms with Gasteiger partial charge in [-0.1, -0.05) is 20.3 Å². The zero-order valence-electron chi connectivity index (χ0n) is 11.6. The number of nitrogens with zero attached hydrogens (tertiary/aromatic N) is 3. The average molecular weight is 227 g/mol. The Labute approximate surface area is 101 Å². The van der Waals surface area contributed by atoms with Gasteiger partial charge in [-0.25, -0.2) is 0 Å². The van der Waals surface area contributed by atoms with E-state index in [1.807, 2.05) is 0 Å². The van der Waals surface area contributed by atoms with E-state index in [1.165, 1.54) is 52.2 Å². The second-order valence-electron chi connectivity index (χ2n) is 5.42. The quantitative estimate of drug-likeness (QED) is 0.717. The molecule has 1 aliphatic rings. The van der Waals surface area contributed by atoms with Crippen LogP contribution in [-0.4, -0.2) is 74.6 Å². The second-order valence-corrected chi connectivity index (χ2v) is 5.42. The molecule has 3 heteroatoms. The molecule has 1 heterocycles. The first-order valence-corrected chi connectivity index (χ1v) is 6.71. The first-order chi connectivity index (χ1) is 7.61. The fraction of sp³-hybridized carbons (Fsp3) is 1.00. The molecule has 0 bridgehead atoms. The lowest BCUT2D eigenvalue weighted by Gasteiger charge is -2.26. The van der Waals surface area contributed by atoms with E-state index < -0.39 is 0 Å². The summed E-state index contributed by atoms with van der Waals surface area (Å²) in [5.74, 6) is 0.830. The van der Waals surface area contributed by atoms with Crippen LogP contribution in [0.1, 0.15) is 20.3 Å². The minimum atomic E-state index is 0.830. The Kier molecular flexibility index (Phi) is 6.32. The lowest BCUT2D eigenvalue weighted by Crippen LogP contribution is -2.37. The third kappa shape index (κ3) is 5.28. The predicted octanol–water partition coefficient (Wildman–Crippen LogP) is 1.21. The maximum absolute atomic E-state index is 2.63. The molecule has 0 radical (unpaired) electrons. The summed E-state index contributed by atoms with van der Waals surface area (Å²) >= 11 is 0. The van der Waals surface area contributed by atoms with E-state index in [1.54, 1.807) is 0 Å². The summed E-state index contributed by atoms with van der Waals surface area (Å²) < 4.78 is 0. The number of hydrogen-bond donors (Lipinski definition) is 0. The van der Waals surface area contributed by atoms with Crippen LogP contribution in [0.25, 0.3) is 0 Å². The normalized spacial score (nSPS) is 24.8. The molecule has 1 saturated heterocycles. The van der Waals surface area contributed by atoms with Crippen molar-refractivity contribution < 1.29 is 0 Å². The van der Waals surface area contributed by atoms with Crippen LogP contribution in [-0.2, 0) is 0 Å². The summed E-state index contributed by atoms with van der Waals surface area (Å²) in [4.78, 5) is 7.53. The lowest BCUT2D eigenvalue weighted by atomic mass is 10.1. The van der Waals surface area contributed by atoms with Crippen molar-refractivity contribution in [1.29, 1.82) is 0 Å². The third-order valence-electron chi connectivity index (χ3n) is 3.73. The summed E-state index contributed by atoms with van der Waals surface area (Å²) in [7, 11) is 4.47. The van der Waals surface area contributed by atoms with Gasteiger partial charge in [0.05, 0.1) is 0 Å². The molecule has 1 fully saturated rings. The van der Waals surface area contributed by atoms with Crippen LogP contribution >= 0.6 is 0 Å². The van der Waals surface area contributed by atoms with E-state index >= 15 is 0 Å². The van der Waals surface area contributed by atoms with Crippen LogP contribution in [0.4, 0.5) is 0 Å². The molecule has 1 aliphatic heterocycles. The molecule has 0 unspecified atom stereocenters. The van der Waals surface area contributed by atoms with Gasteiger partial charge in [0.1, 0.15) is 0 Å². The largest absolute Gasteiger partial charge is 0.304 e. The molecule has 0 aromatic rings. The van der Waals surface area contributed by atoms with Crippen LogP contribution in [0.2, 0.25) is 0 Å². The zero-order chi connectivity index (χ0) is 12.0. The summed E-state index contributed by atoms with van der Waals surface area (Å²) in [6.45, 7) is 13.2. The smallest absolute Gasteiger partial charge is 0.0110 e. The zero-order valence-corrected chi connectivity index (χ0v) is 11.6. The number of likely N-dealkylation sites (N-methyl/N-ethyl adjacent to an activating group) is 2. The Morgan fingerprint density at radius 3 is 1.75 bits per heavy atom. The summed E-state index contributed by atoms with van der Waals surface area (Å²) in [6, 6.07) is 0. The highest BCUT2D eigenvalue weighted by Crippen LogP contribution is 2.05. The summed E-state index contributed by atoms with van der Waals surface area (Å²) in [5.41, 5.74) is 0. The topological polar surface area (TPSA) is 9.72 Å². The Hall–Kier alpha value is -0.120. The van der Waals surface area contributed by atoms with Crippen molar-refractivity contribution in [3.63, 3.8) is 0 Å². The second kappa shape index (κ2) is 7.25. The molecule has 0 aliphatic carbocycles. The van der Waals surface area contributed by atoms with Crippen molar-refractivity contribution in [2.75, 3.05) is 59.9 Å². The molecule has 0 spiro atoms. The molecule has 0 N–H and O–H groups in total. The molecular formula is C13H29N3. The summed E-state index contributed by atoms with van der Waals surface area (Å²) in [6.07, 6.45) is 1.29. The van der Waals surface area contributed by atoms with Gasteiger partial charge in [0.25, 0.3) is 0 Å². The Balaban J connectivity index is 2.42. The van der Waals surface area contributed by atoms with Crippen LogP contribution < -0.4 is 0 Å². The number of hydrogen-bond acceptors (Lipinski definition) is 3.